The van der Waals surface area contributed by atoms with Crippen LogP contribution >= 0.6 is 0 Å². The third-order valence-electron chi connectivity index (χ3n) is 2.98. The van der Waals surface area contributed by atoms with Gasteiger partial charge in [-0.1, -0.05) is 13.0 Å². The van der Waals surface area contributed by atoms with Crippen molar-refractivity contribution in [2.45, 2.75) is 19.6 Å². The first kappa shape index (κ1) is 15.4. The van der Waals surface area contributed by atoms with E-state index < -0.39 is 17.6 Å². The molecule has 0 saturated carbocycles. The van der Waals surface area contributed by atoms with Crippen molar-refractivity contribution in [2.24, 2.45) is 0 Å². The minimum Gasteiger partial charge on any atom is -0.313 e. The number of halogens is 4. The molecule has 1 N–H and O–H groups in total. The Morgan fingerprint density at radius 1 is 1.10 bits per heavy atom. The highest BCUT2D eigenvalue weighted by molar-refractivity contribution is 5.64. The molecule has 21 heavy (non-hydrogen) atoms. The Labute approximate surface area is 119 Å². The average molecular weight is 298 g/mol. The van der Waals surface area contributed by atoms with E-state index in [1.165, 1.54) is 12.3 Å². The molecule has 1 heterocycles. The van der Waals surface area contributed by atoms with Crippen LogP contribution in [0.25, 0.3) is 11.1 Å². The fourth-order valence-electron chi connectivity index (χ4n) is 1.93. The van der Waals surface area contributed by atoms with E-state index in [1.54, 1.807) is 12.3 Å². The first-order valence-corrected chi connectivity index (χ1v) is 6.43. The Morgan fingerprint density at radius 2 is 1.86 bits per heavy atom. The molecule has 0 amide bonds. The summed E-state index contributed by atoms with van der Waals surface area (Å²) in [6, 6.07) is 4.69. The van der Waals surface area contributed by atoms with Crippen LogP contribution < -0.4 is 5.32 Å². The molecule has 0 aliphatic rings. The molecule has 112 valence electrons. The van der Waals surface area contributed by atoms with Crippen LogP contribution in [0.3, 0.4) is 0 Å². The van der Waals surface area contributed by atoms with E-state index in [2.05, 4.69) is 10.3 Å². The summed E-state index contributed by atoms with van der Waals surface area (Å²) in [4.78, 5) is 4.01. The van der Waals surface area contributed by atoms with Crippen LogP contribution in [0.15, 0.2) is 36.7 Å². The second-order valence-electron chi connectivity index (χ2n) is 4.55. The van der Waals surface area contributed by atoms with E-state index in [9.17, 15) is 17.6 Å². The Kier molecular flexibility index (Phi) is 4.57. The smallest absolute Gasteiger partial charge is 0.313 e. The second-order valence-corrected chi connectivity index (χ2v) is 4.55. The molecular weight excluding hydrogens is 284 g/mol. The van der Waals surface area contributed by atoms with Gasteiger partial charge in [0.2, 0.25) is 0 Å². The van der Waals surface area contributed by atoms with Crippen molar-refractivity contribution in [1.29, 1.82) is 0 Å². The van der Waals surface area contributed by atoms with E-state index in [1.807, 2.05) is 6.92 Å². The first-order chi connectivity index (χ1) is 9.91. The van der Waals surface area contributed by atoms with Gasteiger partial charge in [-0.2, -0.15) is 13.2 Å². The standard InChI is InChI=1S/C15H14F4N2/c1-2-20-7-10-5-12(9-21-8-10)11-3-4-14(16)13(6-11)15(17,18)19/h3-6,8-9,20H,2,7H2,1H3. The lowest BCUT2D eigenvalue weighted by Crippen LogP contribution is -2.12. The number of alkyl halides is 3. The zero-order valence-corrected chi connectivity index (χ0v) is 11.3. The zero-order valence-electron chi connectivity index (χ0n) is 11.3. The van der Waals surface area contributed by atoms with Gasteiger partial charge in [-0.3, -0.25) is 4.98 Å². The summed E-state index contributed by atoms with van der Waals surface area (Å²) in [5.74, 6) is -1.27. The number of hydrogen-bond acceptors (Lipinski definition) is 2. The van der Waals surface area contributed by atoms with Crippen molar-refractivity contribution in [2.75, 3.05) is 6.54 Å². The van der Waals surface area contributed by atoms with Crippen molar-refractivity contribution >= 4 is 0 Å². The molecule has 2 aromatic rings. The molecule has 0 radical (unpaired) electrons. The quantitative estimate of drug-likeness (QED) is 0.863. The first-order valence-electron chi connectivity index (χ1n) is 6.43. The number of aromatic nitrogens is 1. The normalized spacial score (nSPS) is 11.7. The van der Waals surface area contributed by atoms with E-state index in [-0.39, 0.29) is 5.56 Å². The lowest BCUT2D eigenvalue weighted by atomic mass is 10.0. The maximum Gasteiger partial charge on any atom is 0.419 e. The fourth-order valence-corrected chi connectivity index (χ4v) is 1.93. The molecule has 1 aromatic carbocycles. The second kappa shape index (κ2) is 6.22. The molecule has 0 fully saturated rings. The maximum absolute atomic E-state index is 13.3. The van der Waals surface area contributed by atoms with Gasteiger partial charge in [0.25, 0.3) is 0 Å². The summed E-state index contributed by atoms with van der Waals surface area (Å²) in [6.45, 7) is 3.30. The molecule has 2 rings (SSSR count). The molecular formula is C15H14F4N2. The van der Waals surface area contributed by atoms with Crippen molar-refractivity contribution < 1.29 is 17.6 Å². The van der Waals surface area contributed by atoms with Gasteiger partial charge >= 0.3 is 6.18 Å². The predicted octanol–water partition coefficient (Wildman–Crippen LogP) is 4.02. The van der Waals surface area contributed by atoms with E-state index >= 15 is 0 Å². The van der Waals surface area contributed by atoms with Gasteiger partial charge in [0.15, 0.2) is 0 Å². The molecule has 0 bridgehead atoms. The Bertz CT molecular complexity index is 623. The monoisotopic (exact) mass is 298 g/mol. The van der Waals surface area contributed by atoms with Gasteiger partial charge in [-0.05, 0) is 35.9 Å². The highest BCUT2D eigenvalue weighted by atomic mass is 19.4. The molecule has 0 saturated heterocycles. The summed E-state index contributed by atoms with van der Waals surface area (Å²) in [7, 11) is 0. The summed E-state index contributed by atoms with van der Waals surface area (Å²) in [5, 5.41) is 3.11. The van der Waals surface area contributed by atoms with Crippen LogP contribution in [-0.4, -0.2) is 11.5 Å². The average Bonchev–Trinajstić information content (AvgIpc) is 2.44. The lowest BCUT2D eigenvalue weighted by Gasteiger charge is -2.11. The molecule has 0 spiro atoms. The molecule has 6 heteroatoms. The number of nitrogens with one attached hydrogen (secondary N) is 1. The van der Waals surface area contributed by atoms with E-state index in [4.69, 9.17) is 0 Å². The molecule has 0 aliphatic heterocycles. The van der Waals surface area contributed by atoms with Crippen molar-refractivity contribution in [3.63, 3.8) is 0 Å². The minimum absolute atomic E-state index is 0.287. The highest BCUT2D eigenvalue weighted by Gasteiger charge is 2.34. The van der Waals surface area contributed by atoms with Crippen molar-refractivity contribution in [1.82, 2.24) is 10.3 Å². The number of pyridine rings is 1. The summed E-state index contributed by atoms with van der Waals surface area (Å²) < 4.78 is 51.5. The number of rotatable bonds is 4. The Balaban J connectivity index is 2.38. The van der Waals surface area contributed by atoms with E-state index in [0.29, 0.717) is 12.1 Å². The molecule has 2 nitrogen and oxygen atoms in total. The number of hydrogen-bond donors (Lipinski definition) is 1. The van der Waals surface area contributed by atoms with Crippen molar-refractivity contribution in [3.05, 3.63) is 53.6 Å². The largest absolute Gasteiger partial charge is 0.419 e. The lowest BCUT2D eigenvalue weighted by molar-refractivity contribution is -0.139. The SMILES string of the molecule is CCNCc1cncc(-c2ccc(F)c(C(F)(F)F)c2)c1. The van der Waals surface area contributed by atoms with Gasteiger partial charge in [0.05, 0.1) is 5.56 Å². The summed E-state index contributed by atoms with van der Waals surface area (Å²) in [6.07, 6.45) is -1.61. The third-order valence-corrected chi connectivity index (χ3v) is 2.98. The predicted molar refractivity (Wildman–Crippen MR) is 72.0 cm³/mol. The zero-order chi connectivity index (χ0) is 15.5. The number of nitrogens with zero attached hydrogens (tertiary/aromatic N) is 1. The molecule has 0 atom stereocenters. The van der Waals surface area contributed by atoms with Crippen LogP contribution in [-0.2, 0) is 12.7 Å². The van der Waals surface area contributed by atoms with Gasteiger partial charge in [-0.25, -0.2) is 4.39 Å². The van der Waals surface area contributed by atoms with E-state index in [0.717, 1.165) is 24.2 Å². The minimum atomic E-state index is -4.71. The van der Waals surface area contributed by atoms with Gasteiger partial charge in [0, 0.05) is 24.5 Å². The van der Waals surface area contributed by atoms with Crippen LogP contribution in [0.5, 0.6) is 0 Å². The molecule has 0 unspecified atom stereocenters. The topological polar surface area (TPSA) is 24.9 Å². The summed E-state index contributed by atoms with van der Waals surface area (Å²) in [5.41, 5.74) is 0.398. The summed E-state index contributed by atoms with van der Waals surface area (Å²) >= 11 is 0. The molecule has 1 aromatic heterocycles. The van der Waals surface area contributed by atoms with Crippen LogP contribution in [0.2, 0.25) is 0 Å². The van der Waals surface area contributed by atoms with Gasteiger partial charge < -0.3 is 5.32 Å². The van der Waals surface area contributed by atoms with Crippen LogP contribution in [0, 0.1) is 5.82 Å². The maximum atomic E-state index is 13.3. The van der Waals surface area contributed by atoms with Gasteiger partial charge in [-0.15, -0.1) is 0 Å². The molecule has 0 aliphatic carbocycles. The fraction of sp³-hybridized carbons (Fsp3) is 0.267. The van der Waals surface area contributed by atoms with Crippen LogP contribution in [0.1, 0.15) is 18.1 Å². The van der Waals surface area contributed by atoms with Gasteiger partial charge in [0.1, 0.15) is 5.82 Å². The third kappa shape index (κ3) is 3.78. The van der Waals surface area contributed by atoms with Crippen molar-refractivity contribution in [3.8, 4) is 11.1 Å². The highest BCUT2D eigenvalue weighted by Crippen LogP contribution is 2.34. The number of benzene rings is 1. The van der Waals surface area contributed by atoms with Crippen LogP contribution in [0.4, 0.5) is 17.6 Å². The Morgan fingerprint density at radius 3 is 2.52 bits per heavy atom. The Hall–Kier alpha value is -1.95.